The van der Waals surface area contributed by atoms with Gasteiger partial charge in [0, 0.05) is 32.7 Å². The number of aryl methyl sites for hydroxylation is 1. The number of nitrogens with zero attached hydrogens (tertiary/aromatic N) is 4. The summed E-state index contributed by atoms with van der Waals surface area (Å²) in [6, 6.07) is 12.4. The first-order valence-electron chi connectivity index (χ1n) is 11.2. The summed E-state index contributed by atoms with van der Waals surface area (Å²) in [5, 5.41) is 10.3. The summed E-state index contributed by atoms with van der Waals surface area (Å²) in [6.07, 6.45) is 1.06. The number of nitrogens with one attached hydrogen (secondary N) is 1. The Morgan fingerprint density at radius 1 is 1.00 bits per heavy atom. The Hall–Kier alpha value is -3.13. The summed E-state index contributed by atoms with van der Waals surface area (Å²) in [5.74, 6) is -0.891. The highest BCUT2D eigenvalue weighted by molar-refractivity contribution is 7.89. The summed E-state index contributed by atoms with van der Waals surface area (Å²) in [6.45, 7) is 2.26. The summed E-state index contributed by atoms with van der Waals surface area (Å²) in [5.41, 5.74) is 1.44. The summed E-state index contributed by atoms with van der Waals surface area (Å²) >= 11 is 0. The van der Waals surface area contributed by atoms with E-state index < -0.39 is 31.9 Å². The summed E-state index contributed by atoms with van der Waals surface area (Å²) in [7, 11) is -4.40. The number of hydrogen-bond acceptors (Lipinski definition) is 8. The molecule has 1 unspecified atom stereocenters. The van der Waals surface area contributed by atoms with E-state index in [4.69, 9.17) is 4.42 Å². The maximum Gasteiger partial charge on any atom is 0.322 e. The quantitative estimate of drug-likeness (QED) is 0.488. The van der Waals surface area contributed by atoms with Gasteiger partial charge in [-0.1, -0.05) is 22.8 Å². The molecule has 1 atom stereocenters. The zero-order chi connectivity index (χ0) is 26.1. The van der Waals surface area contributed by atoms with E-state index in [1.807, 2.05) is 6.92 Å². The first-order valence-corrected chi connectivity index (χ1v) is 14.1. The van der Waals surface area contributed by atoms with Crippen LogP contribution in [-0.4, -0.2) is 68.7 Å². The van der Waals surface area contributed by atoms with Crippen molar-refractivity contribution in [2.24, 2.45) is 5.92 Å². The lowest BCUT2D eigenvalue weighted by Crippen LogP contribution is -2.43. The highest BCUT2D eigenvalue weighted by atomic mass is 32.2. The molecule has 36 heavy (non-hydrogen) atoms. The molecular weight excluding hydrogens is 506 g/mol. The lowest BCUT2D eigenvalue weighted by atomic mass is 9.99. The van der Waals surface area contributed by atoms with Crippen LogP contribution in [0.2, 0.25) is 0 Å². The fraction of sp³-hybridized carbons (Fsp3) is 0.348. The monoisotopic (exact) mass is 533 g/mol. The number of carbonyl (C=O) groups is 1. The van der Waals surface area contributed by atoms with Crippen molar-refractivity contribution in [2.45, 2.75) is 29.6 Å². The Labute approximate surface area is 210 Å². The number of hydrogen-bond donors (Lipinski definition) is 1. The number of benzene rings is 2. The van der Waals surface area contributed by atoms with Gasteiger partial charge in [-0.05, 0) is 56.2 Å². The van der Waals surface area contributed by atoms with E-state index in [2.05, 4.69) is 15.5 Å². The predicted molar refractivity (Wildman–Crippen MR) is 132 cm³/mol. The van der Waals surface area contributed by atoms with E-state index in [0.717, 1.165) is 9.87 Å². The van der Waals surface area contributed by atoms with E-state index in [-0.39, 0.29) is 28.2 Å². The molecule has 0 saturated carbocycles. The fourth-order valence-electron chi connectivity index (χ4n) is 3.81. The Bertz CT molecular complexity index is 1450. The van der Waals surface area contributed by atoms with Gasteiger partial charge in [0.25, 0.3) is 0 Å². The van der Waals surface area contributed by atoms with Crippen LogP contribution in [0.5, 0.6) is 0 Å². The molecule has 2 aromatic carbocycles. The Morgan fingerprint density at radius 3 is 2.28 bits per heavy atom. The van der Waals surface area contributed by atoms with Crippen molar-refractivity contribution in [1.29, 1.82) is 0 Å². The molecule has 1 fully saturated rings. The van der Waals surface area contributed by atoms with Gasteiger partial charge in [-0.15, -0.1) is 5.10 Å². The van der Waals surface area contributed by atoms with E-state index in [1.165, 1.54) is 42.7 Å². The molecule has 0 bridgehead atoms. The Balaban J connectivity index is 1.43. The van der Waals surface area contributed by atoms with Crippen LogP contribution in [0.25, 0.3) is 11.5 Å². The maximum atomic E-state index is 13.0. The normalized spacial score (nSPS) is 17.3. The van der Waals surface area contributed by atoms with E-state index in [0.29, 0.717) is 24.9 Å². The van der Waals surface area contributed by atoms with Crippen LogP contribution in [0.4, 0.5) is 6.01 Å². The number of rotatable bonds is 7. The number of aromatic nitrogens is 2. The van der Waals surface area contributed by atoms with Gasteiger partial charge in [0.2, 0.25) is 31.8 Å². The van der Waals surface area contributed by atoms with E-state index in [9.17, 15) is 21.6 Å². The molecule has 2 heterocycles. The second-order valence-electron chi connectivity index (χ2n) is 8.73. The lowest BCUT2D eigenvalue weighted by molar-refractivity contribution is -0.121. The highest BCUT2D eigenvalue weighted by Gasteiger charge is 2.34. The summed E-state index contributed by atoms with van der Waals surface area (Å²) < 4.78 is 58.5. The number of anilines is 1. The number of sulfonamides is 2. The van der Waals surface area contributed by atoms with Crippen molar-refractivity contribution in [2.75, 3.05) is 32.5 Å². The Morgan fingerprint density at radius 2 is 1.64 bits per heavy atom. The molecule has 1 saturated heterocycles. The fourth-order valence-corrected chi connectivity index (χ4v) is 6.24. The van der Waals surface area contributed by atoms with Crippen LogP contribution in [0.15, 0.2) is 62.7 Å². The molecule has 0 radical (unpaired) electrons. The zero-order valence-electron chi connectivity index (χ0n) is 20.1. The molecule has 1 N–H and O–H groups in total. The highest BCUT2D eigenvalue weighted by Crippen LogP contribution is 2.26. The average molecular weight is 534 g/mol. The molecule has 1 aliphatic heterocycles. The van der Waals surface area contributed by atoms with E-state index in [1.54, 1.807) is 24.3 Å². The number of carbonyl (C=O) groups excluding carboxylic acids is 1. The minimum absolute atomic E-state index is 0.0465. The standard InChI is InChI=1S/C23H27N5O6S2/c1-16-6-10-20(11-7-16)36(32,33)28-14-4-5-18(15-28)21(29)24-23-26-25-22(34-23)17-8-12-19(13-9-17)35(30,31)27(2)3/h6-13,18H,4-5,14-15H2,1-3H3,(H,24,26,29). The van der Waals surface area contributed by atoms with Gasteiger partial charge in [-0.3, -0.25) is 10.1 Å². The van der Waals surface area contributed by atoms with Crippen LogP contribution in [0.3, 0.4) is 0 Å². The molecule has 192 valence electrons. The first kappa shape index (κ1) is 25.9. The largest absolute Gasteiger partial charge is 0.403 e. The molecule has 4 rings (SSSR count). The molecular formula is C23H27N5O6S2. The third-order valence-electron chi connectivity index (χ3n) is 5.95. The van der Waals surface area contributed by atoms with Crippen molar-refractivity contribution < 1.29 is 26.0 Å². The van der Waals surface area contributed by atoms with Gasteiger partial charge in [0.1, 0.15) is 0 Å². The minimum Gasteiger partial charge on any atom is -0.403 e. The SMILES string of the molecule is Cc1ccc(S(=O)(=O)N2CCCC(C(=O)Nc3nnc(-c4ccc(S(=O)(=O)N(C)C)cc4)o3)C2)cc1. The second kappa shape index (κ2) is 10.1. The average Bonchev–Trinajstić information content (AvgIpc) is 3.33. The zero-order valence-corrected chi connectivity index (χ0v) is 21.7. The lowest BCUT2D eigenvalue weighted by Gasteiger charge is -2.30. The van der Waals surface area contributed by atoms with Crippen molar-refractivity contribution in [1.82, 2.24) is 18.8 Å². The Kier molecular flexibility index (Phi) is 7.27. The van der Waals surface area contributed by atoms with Crippen molar-refractivity contribution >= 4 is 32.0 Å². The van der Waals surface area contributed by atoms with Crippen LogP contribution in [0, 0.1) is 12.8 Å². The van der Waals surface area contributed by atoms with Crippen LogP contribution in [0.1, 0.15) is 18.4 Å². The third-order valence-corrected chi connectivity index (χ3v) is 9.66. The van der Waals surface area contributed by atoms with Crippen molar-refractivity contribution in [3.05, 3.63) is 54.1 Å². The first-order chi connectivity index (χ1) is 17.0. The number of piperidine rings is 1. The molecule has 11 nitrogen and oxygen atoms in total. The molecule has 0 spiro atoms. The maximum absolute atomic E-state index is 13.0. The van der Waals surface area contributed by atoms with Crippen LogP contribution >= 0.6 is 0 Å². The molecule has 3 aromatic rings. The molecule has 1 aromatic heterocycles. The van der Waals surface area contributed by atoms with Gasteiger partial charge in [-0.25, -0.2) is 21.1 Å². The smallest absolute Gasteiger partial charge is 0.322 e. The molecule has 1 amide bonds. The van der Waals surface area contributed by atoms with Crippen LogP contribution in [-0.2, 0) is 24.8 Å². The third kappa shape index (κ3) is 5.33. The molecule has 13 heteroatoms. The van der Waals surface area contributed by atoms with Crippen molar-refractivity contribution in [3.8, 4) is 11.5 Å². The van der Waals surface area contributed by atoms with Gasteiger partial charge < -0.3 is 4.42 Å². The van der Waals surface area contributed by atoms with Crippen LogP contribution < -0.4 is 5.32 Å². The van der Waals surface area contributed by atoms with Crippen molar-refractivity contribution in [3.63, 3.8) is 0 Å². The van der Waals surface area contributed by atoms with Gasteiger partial charge in [-0.2, -0.15) is 4.31 Å². The van der Waals surface area contributed by atoms with Gasteiger partial charge in [0.05, 0.1) is 15.7 Å². The summed E-state index contributed by atoms with van der Waals surface area (Å²) in [4.78, 5) is 13.2. The van der Waals surface area contributed by atoms with Gasteiger partial charge in [0.15, 0.2) is 0 Å². The van der Waals surface area contributed by atoms with E-state index >= 15 is 0 Å². The number of amides is 1. The molecule has 0 aliphatic carbocycles. The minimum atomic E-state index is -3.71. The molecule has 1 aliphatic rings. The second-order valence-corrected chi connectivity index (χ2v) is 12.8. The predicted octanol–water partition coefficient (Wildman–Crippen LogP) is 2.33. The topological polar surface area (TPSA) is 143 Å². The van der Waals surface area contributed by atoms with Gasteiger partial charge >= 0.3 is 6.01 Å².